The second-order valence-electron chi connectivity index (χ2n) is 5.80. The van der Waals surface area contributed by atoms with E-state index in [2.05, 4.69) is 25.3 Å². The number of hydrogen-bond acceptors (Lipinski definition) is 6. The Labute approximate surface area is 157 Å². The molecular weight excluding hydrogens is 344 g/mol. The van der Waals surface area contributed by atoms with Gasteiger partial charge in [0.05, 0.1) is 24.3 Å². The van der Waals surface area contributed by atoms with Crippen molar-refractivity contribution in [1.82, 2.24) is 15.0 Å². The molecule has 0 atom stereocenters. The van der Waals surface area contributed by atoms with Crippen molar-refractivity contribution < 1.29 is 11.0 Å². The first-order chi connectivity index (χ1) is 13.0. The van der Waals surface area contributed by atoms with Gasteiger partial charge in [0.25, 0.3) is 5.91 Å². The monoisotopic (exact) mass is 364 g/mol. The normalized spacial score (nSPS) is 10.7. The van der Waals surface area contributed by atoms with Crippen molar-refractivity contribution in [3.05, 3.63) is 65.7 Å². The quantitative estimate of drug-likeness (QED) is 0.529. The van der Waals surface area contributed by atoms with Gasteiger partial charge in [-0.2, -0.15) is 0 Å². The van der Waals surface area contributed by atoms with Crippen LogP contribution in [0.2, 0.25) is 0 Å². The summed E-state index contributed by atoms with van der Waals surface area (Å²) in [5.74, 6) is 1.09. The summed E-state index contributed by atoms with van der Waals surface area (Å²) in [5, 5.41) is 2.71. The summed E-state index contributed by atoms with van der Waals surface area (Å²) >= 11 is 0. The first kappa shape index (κ1) is 18.0. The third-order valence-corrected chi connectivity index (χ3v) is 3.52. The van der Waals surface area contributed by atoms with Gasteiger partial charge < -0.3 is 15.8 Å². The predicted octanol–water partition coefficient (Wildman–Crippen LogP) is 3.40. The van der Waals surface area contributed by atoms with E-state index in [1.54, 1.807) is 30.7 Å². The van der Waals surface area contributed by atoms with Gasteiger partial charge in [-0.25, -0.2) is 15.0 Å². The van der Waals surface area contributed by atoms with Crippen molar-refractivity contribution in [2.75, 3.05) is 5.32 Å². The van der Waals surface area contributed by atoms with E-state index in [-0.39, 0.29) is 12.8 Å². The minimum Gasteiger partial charge on any atom is -0.454 e. The maximum Gasteiger partial charge on any atom is 0.260 e. The lowest BCUT2D eigenvalue weighted by Gasteiger charge is -2.10. The van der Waals surface area contributed by atoms with Crippen LogP contribution in [-0.4, -0.2) is 27.2 Å². The predicted molar refractivity (Wildman–Crippen MR) is 105 cm³/mol. The van der Waals surface area contributed by atoms with Crippen molar-refractivity contribution in [2.24, 2.45) is 10.7 Å². The SMILES string of the molecule is Cc1ccc(NC(=O)c2cc(Oc3cncc(C)c3)cnc2/N=C\N)nc1.[HH]. The number of aromatic nitrogens is 3. The lowest BCUT2D eigenvalue weighted by molar-refractivity contribution is 0.102. The Morgan fingerprint density at radius 1 is 1.11 bits per heavy atom. The summed E-state index contributed by atoms with van der Waals surface area (Å²) in [5.41, 5.74) is 7.51. The van der Waals surface area contributed by atoms with Crippen molar-refractivity contribution in [3.8, 4) is 11.5 Å². The van der Waals surface area contributed by atoms with Gasteiger partial charge in [0.15, 0.2) is 5.82 Å². The largest absolute Gasteiger partial charge is 0.454 e. The fourth-order valence-electron chi connectivity index (χ4n) is 2.28. The van der Waals surface area contributed by atoms with Crippen LogP contribution in [0.4, 0.5) is 11.6 Å². The average molecular weight is 364 g/mol. The number of nitrogens with zero attached hydrogens (tertiary/aromatic N) is 4. The van der Waals surface area contributed by atoms with Crippen LogP contribution >= 0.6 is 0 Å². The molecule has 0 aliphatic rings. The molecule has 0 saturated carbocycles. The third-order valence-electron chi connectivity index (χ3n) is 3.52. The van der Waals surface area contributed by atoms with Crippen LogP contribution in [-0.2, 0) is 0 Å². The zero-order valence-electron chi connectivity index (χ0n) is 14.9. The molecule has 0 saturated heterocycles. The number of pyridine rings is 3. The van der Waals surface area contributed by atoms with Crippen LogP contribution in [0.3, 0.4) is 0 Å². The highest BCUT2D eigenvalue weighted by molar-refractivity contribution is 6.07. The lowest BCUT2D eigenvalue weighted by Crippen LogP contribution is -2.14. The van der Waals surface area contributed by atoms with Crippen molar-refractivity contribution in [2.45, 2.75) is 13.8 Å². The van der Waals surface area contributed by atoms with Crippen LogP contribution in [0.25, 0.3) is 0 Å². The van der Waals surface area contributed by atoms with E-state index in [1.165, 1.54) is 6.20 Å². The highest BCUT2D eigenvalue weighted by Crippen LogP contribution is 2.26. The molecule has 1 amide bonds. The molecule has 8 nitrogen and oxygen atoms in total. The molecule has 0 aliphatic carbocycles. The summed E-state index contributed by atoms with van der Waals surface area (Å²) in [6.07, 6.45) is 7.50. The minimum atomic E-state index is -0.424. The van der Waals surface area contributed by atoms with Gasteiger partial charge in [-0.05, 0) is 43.2 Å². The molecule has 0 fully saturated rings. The number of anilines is 1. The van der Waals surface area contributed by atoms with Gasteiger partial charge >= 0.3 is 0 Å². The number of aliphatic imine (C=N–C) groups is 1. The van der Waals surface area contributed by atoms with Gasteiger partial charge in [-0.3, -0.25) is 9.78 Å². The fraction of sp³-hybridized carbons (Fsp3) is 0.105. The molecule has 138 valence electrons. The first-order valence-corrected chi connectivity index (χ1v) is 8.13. The number of carbonyl (C=O) groups excluding carboxylic acids is 1. The average Bonchev–Trinajstić information content (AvgIpc) is 2.65. The molecule has 0 bridgehead atoms. The van der Waals surface area contributed by atoms with E-state index < -0.39 is 5.91 Å². The topological polar surface area (TPSA) is 115 Å². The maximum absolute atomic E-state index is 12.7. The Balaban J connectivity index is 0.00000280. The van der Waals surface area contributed by atoms with Gasteiger partial charge in [0.2, 0.25) is 0 Å². The molecule has 0 aliphatic heterocycles. The zero-order chi connectivity index (χ0) is 19.2. The number of nitrogens with two attached hydrogens (primary N) is 1. The number of rotatable bonds is 5. The molecule has 0 aromatic carbocycles. The Hall–Kier alpha value is -3.81. The maximum atomic E-state index is 12.7. The first-order valence-electron chi connectivity index (χ1n) is 8.13. The van der Waals surface area contributed by atoms with Crippen LogP contribution < -0.4 is 15.8 Å². The van der Waals surface area contributed by atoms with E-state index >= 15 is 0 Å². The molecule has 3 N–H and O–H groups in total. The van der Waals surface area contributed by atoms with Crippen LogP contribution in [0.15, 0.2) is 54.0 Å². The van der Waals surface area contributed by atoms with Gasteiger partial charge in [0, 0.05) is 13.8 Å². The molecule has 0 spiro atoms. The summed E-state index contributed by atoms with van der Waals surface area (Å²) in [4.78, 5) is 29.0. The second kappa shape index (κ2) is 8.05. The second-order valence-corrected chi connectivity index (χ2v) is 5.80. The fourth-order valence-corrected chi connectivity index (χ4v) is 2.28. The Kier molecular flexibility index (Phi) is 5.36. The van der Waals surface area contributed by atoms with E-state index in [4.69, 9.17) is 10.5 Å². The van der Waals surface area contributed by atoms with E-state index in [1.807, 2.05) is 26.0 Å². The minimum absolute atomic E-state index is 0. The zero-order valence-corrected chi connectivity index (χ0v) is 14.9. The van der Waals surface area contributed by atoms with Crippen LogP contribution in [0, 0.1) is 13.8 Å². The van der Waals surface area contributed by atoms with Crippen molar-refractivity contribution in [1.29, 1.82) is 0 Å². The van der Waals surface area contributed by atoms with Crippen molar-refractivity contribution in [3.63, 3.8) is 0 Å². The molecular formula is C19H20N6O2. The lowest BCUT2D eigenvalue weighted by atomic mass is 10.2. The Bertz CT molecular complexity index is 992. The number of hydrogen-bond donors (Lipinski definition) is 2. The molecule has 3 aromatic heterocycles. The standard InChI is InChI=1S/C19H18N6O2.H2/c1-12-3-4-17(22-8-12)25-19(26)16-6-15(10-23-18(16)24-11-20)27-14-5-13(2)7-21-9-14;/h3-11H,1-2H3,(H2,20,23,24)(H,22,25,26);1H. The molecule has 3 heterocycles. The number of nitrogens with one attached hydrogen (secondary N) is 1. The molecule has 8 heteroatoms. The van der Waals surface area contributed by atoms with E-state index in [0.717, 1.165) is 17.5 Å². The van der Waals surface area contributed by atoms with E-state index in [9.17, 15) is 4.79 Å². The summed E-state index contributed by atoms with van der Waals surface area (Å²) in [6.45, 7) is 3.82. The smallest absolute Gasteiger partial charge is 0.260 e. The van der Waals surface area contributed by atoms with Crippen LogP contribution in [0.1, 0.15) is 22.9 Å². The third kappa shape index (κ3) is 4.63. The number of ether oxygens (including phenoxy) is 1. The van der Waals surface area contributed by atoms with E-state index in [0.29, 0.717) is 17.3 Å². The Morgan fingerprint density at radius 3 is 2.63 bits per heavy atom. The molecule has 3 aromatic rings. The van der Waals surface area contributed by atoms with Gasteiger partial charge in [-0.15, -0.1) is 0 Å². The summed E-state index contributed by atoms with van der Waals surface area (Å²) < 4.78 is 5.75. The molecule has 27 heavy (non-hydrogen) atoms. The highest BCUT2D eigenvalue weighted by atomic mass is 16.5. The molecule has 0 radical (unpaired) electrons. The van der Waals surface area contributed by atoms with Gasteiger partial charge in [0.1, 0.15) is 17.3 Å². The highest BCUT2D eigenvalue weighted by Gasteiger charge is 2.15. The number of aryl methyl sites for hydroxylation is 2. The van der Waals surface area contributed by atoms with Gasteiger partial charge in [-0.1, -0.05) is 6.07 Å². The van der Waals surface area contributed by atoms with Crippen LogP contribution in [0.5, 0.6) is 11.5 Å². The summed E-state index contributed by atoms with van der Waals surface area (Å²) in [6, 6.07) is 6.94. The Morgan fingerprint density at radius 2 is 1.93 bits per heavy atom. The van der Waals surface area contributed by atoms with Crippen molar-refractivity contribution >= 4 is 23.9 Å². The summed E-state index contributed by atoms with van der Waals surface area (Å²) in [7, 11) is 0. The molecule has 3 rings (SSSR count). The number of amides is 1. The number of carbonyl (C=O) groups is 1. The molecule has 0 unspecified atom stereocenters.